The first-order chi connectivity index (χ1) is 9.78. The van der Waals surface area contributed by atoms with Gasteiger partial charge in [0.15, 0.2) is 0 Å². The van der Waals surface area contributed by atoms with E-state index in [1.807, 2.05) is 6.92 Å². The van der Waals surface area contributed by atoms with Crippen molar-refractivity contribution >= 4 is 15.9 Å². The maximum absolute atomic E-state index is 12.4. The van der Waals surface area contributed by atoms with Crippen LogP contribution in [0.4, 0.5) is 0 Å². The van der Waals surface area contributed by atoms with Crippen LogP contribution >= 0.6 is 0 Å². The fraction of sp³-hybridized carbons (Fsp3) is 0.500. The van der Waals surface area contributed by atoms with Gasteiger partial charge in [0.2, 0.25) is 15.9 Å². The summed E-state index contributed by atoms with van der Waals surface area (Å²) in [4.78, 5) is 12.4. The van der Waals surface area contributed by atoms with Crippen molar-refractivity contribution in [2.75, 3.05) is 6.61 Å². The van der Waals surface area contributed by atoms with Gasteiger partial charge in [0.1, 0.15) is 5.75 Å². The highest BCUT2D eigenvalue weighted by atomic mass is 32.2. The maximum atomic E-state index is 12.4. The molecule has 21 heavy (non-hydrogen) atoms. The number of hydrogen-bond donors (Lipinski definition) is 2. The Hall–Kier alpha value is -1.60. The summed E-state index contributed by atoms with van der Waals surface area (Å²) in [5, 5.41) is 8.18. The smallest absolute Gasteiger partial charge is 0.238 e. The number of rotatable bonds is 3. The van der Waals surface area contributed by atoms with E-state index in [0.717, 1.165) is 12.8 Å². The Bertz CT molecular complexity index is 695. The second-order valence-electron chi connectivity index (χ2n) is 5.98. The fourth-order valence-corrected chi connectivity index (χ4v) is 3.07. The average molecular weight is 310 g/mol. The molecule has 1 atom stereocenters. The third-order valence-electron chi connectivity index (χ3n) is 4.09. The molecule has 1 aliphatic carbocycles. The molecule has 1 fully saturated rings. The van der Waals surface area contributed by atoms with Crippen molar-refractivity contribution in [3.8, 4) is 5.75 Å². The highest BCUT2D eigenvalue weighted by Crippen LogP contribution is 2.38. The van der Waals surface area contributed by atoms with Gasteiger partial charge in [0.05, 0.1) is 17.4 Å². The van der Waals surface area contributed by atoms with E-state index in [2.05, 4.69) is 5.32 Å². The number of nitrogens with one attached hydrogen (secondary N) is 1. The van der Waals surface area contributed by atoms with Crippen LogP contribution in [0.1, 0.15) is 37.7 Å². The van der Waals surface area contributed by atoms with E-state index in [1.54, 1.807) is 6.07 Å². The van der Waals surface area contributed by atoms with Crippen LogP contribution in [-0.4, -0.2) is 26.5 Å². The van der Waals surface area contributed by atoms with Crippen LogP contribution in [0.25, 0.3) is 0 Å². The van der Waals surface area contributed by atoms with Crippen LogP contribution in [0.2, 0.25) is 0 Å². The van der Waals surface area contributed by atoms with Gasteiger partial charge in [-0.05, 0) is 44.4 Å². The molecule has 0 radical (unpaired) electrons. The molecule has 0 bridgehead atoms. The molecule has 7 heteroatoms. The van der Waals surface area contributed by atoms with Gasteiger partial charge >= 0.3 is 0 Å². The van der Waals surface area contributed by atoms with Gasteiger partial charge in [0, 0.05) is 11.1 Å². The van der Waals surface area contributed by atoms with Crippen LogP contribution in [0, 0.1) is 0 Å². The van der Waals surface area contributed by atoms with Gasteiger partial charge in [-0.1, -0.05) is 0 Å². The normalized spacial score (nSPS) is 22.9. The zero-order valence-electron chi connectivity index (χ0n) is 11.8. The molecular weight excluding hydrogens is 292 g/mol. The number of benzene rings is 1. The van der Waals surface area contributed by atoms with Gasteiger partial charge in [0.25, 0.3) is 0 Å². The number of carbonyl (C=O) groups excluding carboxylic acids is 1. The second kappa shape index (κ2) is 4.71. The number of hydrogen-bond acceptors (Lipinski definition) is 4. The predicted octanol–water partition coefficient (Wildman–Crippen LogP) is 0.869. The molecular formula is C14H18N2O4S. The van der Waals surface area contributed by atoms with Gasteiger partial charge in [-0.3, -0.25) is 4.79 Å². The summed E-state index contributed by atoms with van der Waals surface area (Å²) in [6.45, 7) is 2.45. The second-order valence-corrected chi connectivity index (χ2v) is 7.55. The van der Waals surface area contributed by atoms with Crippen LogP contribution < -0.4 is 15.2 Å². The predicted molar refractivity (Wildman–Crippen MR) is 76.4 cm³/mol. The highest BCUT2D eigenvalue weighted by Gasteiger charge is 2.41. The van der Waals surface area contributed by atoms with Crippen molar-refractivity contribution < 1.29 is 17.9 Å². The fourth-order valence-electron chi connectivity index (χ4n) is 2.52. The molecule has 0 spiro atoms. The summed E-state index contributed by atoms with van der Waals surface area (Å²) in [6, 6.07) is 4.41. The summed E-state index contributed by atoms with van der Waals surface area (Å²) < 4.78 is 28.4. The first-order valence-electron chi connectivity index (χ1n) is 6.90. The van der Waals surface area contributed by atoms with Crippen molar-refractivity contribution in [2.45, 2.75) is 42.5 Å². The molecule has 0 saturated heterocycles. The minimum Gasteiger partial charge on any atom is -0.493 e. The lowest BCUT2D eigenvalue weighted by atomic mass is 9.92. The molecule has 1 amide bonds. The van der Waals surface area contributed by atoms with Crippen LogP contribution in [0.5, 0.6) is 5.75 Å². The summed E-state index contributed by atoms with van der Waals surface area (Å²) in [6.07, 6.45) is 2.49. The largest absolute Gasteiger partial charge is 0.493 e. The first kappa shape index (κ1) is 14.3. The third kappa shape index (κ3) is 2.89. The summed E-state index contributed by atoms with van der Waals surface area (Å²) >= 11 is 0. The van der Waals surface area contributed by atoms with E-state index in [0.29, 0.717) is 24.3 Å². The van der Waals surface area contributed by atoms with Crippen LogP contribution in [0.15, 0.2) is 23.1 Å². The molecule has 1 saturated carbocycles. The Balaban J connectivity index is 1.94. The molecule has 1 aromatic rings. The average Bonchev–Trinajstić information content (AvgIpc) is 3.13. The monoisotopic (exact) mass is 310 g/mol. The third-order valence-corrected chi connectivity index (χ3v) is 5.00. The van der Waals surface area contributed by atoms with Crippen molar-refractivity contribution in [1.82, 2.24) is 5.32 Å². The zero-order chi connectivity index (χ0) is 15.3. The van der Waals surface area contributed by atoms with Gasteiger partial charge in [-0.15, -0.1) is 0 Å². The maximum Gasteiger partial charge on any atom is 0.238 e. The summed E-state index contributed by atoms with van der Waals surface area (Å²) in [7, 11) is -3.80. The standard InChI is InChI=1S/C14H18N2O4S/c1-14(5-6-14)16-13(17)10-4-7-20-12-3-2-9(8-11(10)12)21(15,18)19/h2-3,8,10H,4-7H2,1H3,(H,16,17)(H2,15,18,19). The number of amides is 1. The number of primary sulfonamides is 1. The Labute approximate surface area is 123 Å². The number of sulfonamides is 1. The van der Waals surface area contributed by atoms with E-state index < -0.39 is 15.9 Å². The quantitative estimate of drug-likeness (QED) is 0.865. The molecule has 3 N–H and O–H groups in total. The number of carbonyl (C=O) groups is 1. The van der Waals surface area contributed by atoms with Crippen LogP contribution in [-0.2, 0) is 14.8 Å². The molecule has 3 rings (SSSR count). The van der Waals surface area contributed by atoms with Crippen LogP contribution in [0.3, 0.4) is 0 Å². The first-order valence-corrected chi connectivity index (χ1v) is 8.45. The Morgan fingerprint density at radius 3 is 2.76 bits per heavy atom. The number of ether oxygens (including phenoxy) is 1. The minimum absolute atomic E-state index is 0.00202. The van der Waals surface area contributed by atoms with E-state index in [-0.39, 0.29) is 16.3 Å². The highest BCUT2D eigenvalue weighted by molar-refractivity contribution is 7.89. The molecule has 0 aromatic heterocycles. The van der Waals surface area contributed by atoms with Crippen molar-refractivity contribution in [3.63, 3.8) is 0 Å². The van der Waals surface area contributed by atoms with E-state index in [9.17, 15) is 13.2 Å². The van der Waals surface area contributed by atoms with Gasteiger partial charge in [-0.2, -0.15) is 0 Å². The molecule has 1 heterocycles. The summed E-state index contributed by atoms with van der Waals surface area (Å²) in [5.74, 6) is 0.0775. The zero-order valence-corrected chi connectivity index (χ0v) is 12.6. The minimum atomic E-state index is -3.80. The van der Waals surface area contributed by atoms with Crippen molar-refractivity contribution in [2.24, 2.45) is 5.14 Å². The Morgan fingerprint density at radius 1 is 1.43 bits per heavy atom. The SMILES string of the molecule is CC1(NC(=O)C2CCOc3ccc(S(N)(=O)=O)cc32)CC1. The van der Waals surface area contributed by atoms with E-state index in [4.69, 9.17) is 9.88 Å². The van der Waals surface area contributed by atoms with Crippen molar-refractivity contribution in [1.29, 1.82) is 0 Å². The Kier molecular flexibility index (Phi) is 3.22. The molecule has 2 aliphatic rings. The lowest BCUT2D eigenvalue weighted by Crippen LogP contribution is -2.39. The molecule has 1 aliphatic heterocycles. The molecule has 1 aromatic carbocycles. The van der Waals surface area contributed by atoms with Gasteiger partial charge in [-0.25, -0.2) is 13.6 Å². The lowest BCUT2D eigenvalue weighted by molar-refractivity contribution is -0.124. The molecule has 6 nitrogen and oxygen atoms in total. The van der Waals surface area contributed by atoms with Crippen molar-refractivity contribution in [3.05, 3.63) is 23.8 Å². The topological polar surface area (TPSA) is 98.5 Å². The Morgan fingerprint density at radius 2 is 2.14 bits per heavy atom. The van der Waals surface area contributed by atoms with Gasteiger partial charge < -0.3 is 10.1 Å². The summed E-state index contributed by atoms with van der Waals surface area (Å²) in [5.41, 5.74) is 0.488. The lowest BCUT2D eigenvalue weighted by Gasteiger charge is -2.27. The van der Waals surface area contributed by atoms with E-state index in [1.165, 1.54) is 12.1 Å². The number of nitrogens with two attached hydrogens (primary N) is 1. The molecule has 1 unspecified atom stereocenters. The molecule has 114 valence electrons. The number of fused-ring (bicyclic) bond motifs is 1. The van der Waals surface area contributed by atoms with E-state index >= 15 is 0 Å².